The predicted octanol–water partition coefficient (Wildman–Crippen LogP) is 3.52. The highest BCUT2D eigenvalue weighted by Crippen LogP contribution is 2.43. The molecule has 3 aromatic rings. The quantitative estimate of drug-likeness (QED) is 0.691. The molecular formula is C20H18FN5OS. The Kier molecular flexibility index (Phi) is 4.08. The van der Waals surface area contributed by atoms with Crippen molar-refractivity contribution in [2.45, 2.75) is 31.2 Å². The Hall–Kier alpha value is -2.87. The number of thiophene rings is 1. The molecule has 0 unspecified atom stereocenters. The first-order chi connectivity index (χ1) is 13.6. The van der Waals surface area contributed by atoms with Crippen LogP contribution in [-0.4, -0.2) is 27.6 Å². The van der Waals surface area contributed by atoms with Crippen LogP contribution < -0.4 is 10.6 Å². The number of amides is 1. The van der Waals surface area contributed by atoms with E-state index in [-0.39, 0.29) is 17.1 Å². The van der Waals surface area contributed by atoms with E-state index in [1.807, 2.05) is 18.2 Å². The molecule has 0 saturated heterocycles. The number of carbonyl (C=O) groups excluding carboxylic acids is 1. The maximum Gasteiger partial charge on any atom is 0.261 e. The summed E-state index contributed by atoms with van der Waals surface area (Å²) >= 11 is 1.43. The minimum absolute atomic E-state index is 0.0231. The van der Waals surface area contributed by atoms with Crippen molar-refractivity contribution in [3.05, 3.63) is 58.5 Å². The molecule has 8 heteroatoms. The third kappa shape index (κ3) is 2.84. The Morgan fingerprint density at radius 1 is 1.25 bits per heavy atom. The van der Waals surface area contributed by atoms with Gasteiger partial charge in [-0.05, 0) is 48.7 Å². The average Bonchev–Trinajstić information content (AvgIpc) is 3.25. The van der Waals surface area contributed by atoms with Crippen LogP contribution in [0.4, 0.5) is 10.2 Å². The predicted molar refractivity (Wildman–Crippen MR) is 105 cm³/mol. The van der Waals surface area contributed by atoms with E-state index >= 15 is 0 Å². The third-order valence-electron chi connectivity index (χ3n) is 5.55. The lowest BCUT2D eigenvalue weighted by atomic mass is 9.66. The van der Waals surface area contributed by atoms with Crippen LogP contribution in [-0.2, 0) is 12.0 Å². The van der Waals surface area contributed by atoms with Gasteiger partial charge < -0.3 is 10.6 Å². The van der Waals surface area contributed by atoms with E-state index in [1.165, 1.54) is 17.4 Å². The van der Waals surface area contributed by atoms with Gasteiger partial charge in [0.1, 0.15) is 17.3 Å². The molecule has 5 rings (SSSR count). The van der Waals surface area contributed by atoms with Crippen LogP contribution in [0.15, 0.2) is 36.5 Å². The van der Waals surface area contributed by atoms with E-state index in [4.69, 9.17) is 0 Å². The van der Waals surface area contributed by atoms with Gasteiger partial charge in [-0.2, -0.15) is 0 Å². The summed E-state index contributed by atoms with van der Waals surface area (Å²) in [7, 11) is 0. The van der Waals surface area contributed by atoms with Gasteiger partial charge in [-0.25, -0.2) is 4.39 Å². The number of nitrogens with zero attached hydrogens (tertiary/aromatic N) is 3. The van der Waals surface area contributed by atoms with Gasteiger partial charge in [-0.1, -0.05) is 6.42 Å². The number of aromatic nitrogens is 3. The molecule has 28 heavy (non-hydrogen) atoms. The number of hydrogen-bond acceptors (Lipinski definition) is 6. The van der Waals surface area contributed by atoms with E-state index in [2.05, 4.69) is 25.8 Å². The molecule has 0 spiro atoms. The van der Waals surface area contributed by atoms with Gasteiger partial charge >= 0.3 is 0 Å². The Labute approximate surface area is 165 Å². The van der Waals surface area contributed by atoms with Gasteiger partial charge in [0, 0.05) is 24.7 Å². The van der Waals surface area contributed by atoms with Crippen LogP contribution in [0.25, 0.3) is 10.6 Å². The number of halogens is 1. The Bertz CT molecular complexity index is 1050. The second kappa shape index (κ2) is 6.63. The first-order valence-corrected chi connectivity index (χ1v) is 10.1. The molecule has 3 aromatic heterocycles. The first-order valence-electron chi connectivity index (χ1n) is 9.25. The van der Waals surface area contributed by atoms with Crippen LogP contribution >= 0.6 is 11.3 Å². The summed E-state index contributed by atoms with van der Waals surface area (Å²) in [4.78, 5) is 17.7. The fourth-order valence-electron chi connectivity index (χ4n) is 3.83. The van der Waals surface area contributed by atoms with E-state index in [0.29, 0.717) is 24.6 Å². The van der Waals surface area contributed by atoms with Gasteiger partial charge in [-0.3, -0.25) is 9.78 Å². The highest BCUT2D eigenvalue weighted by molar-refractivity contribution is 7.17. The van der Waals surface area contributed by atoms with Crippen LogP contribution in [0, 0.1) is 5.82 Å². The lowest BCUT2D eigenvalue weighted by Gasteiger charge is -2.41. The van der Waals surface area contributed by atoms with Crippen LogP contribution in [0.5, 0.6) is 0 Å². The van der Waals surface area contributed by atoms with E-state index in [9.17, 15) is 9.18 Å². The van der Waals surface area contributed by atoms with Crippen LogP contribution in [0.3, 0.4) is 0 Å². The first kappa shape index (κ1) is 17.2. The number of anilines is 1. The molecule has 0 radical (unpaired) electrons. The standard InChI is InChI=1S/C20H18FN5OS/c21-13-3-1-8-22-18(13)20(6-2-7-20)11-24-16-5-4-14(25-26-16)15-9-12-10-23-19(27)17(12)28-15/h1,3-5,8-9H,2,6-7,10-11H2,(H,23,27)(H,24,26). The van der Waals surface area contributed by atoms with E-state index < -0.39 is 0 Å². The van der Waals surface area contributed by atoms with Crippen LogP contribution in [0.1, 0.15) is 40.2 Å². The number of fused-ring (bicyclic) bond motifs is 1. The monoisotopic (exact) mass is 395 g/mol. The molecule has 1 aliphatic heterocycles. The minimum Gasteiger partial charge on any atom is -0.368 e. The summed E-state index contributed by atoms with van der Waals surface area (Å²) in [5, 5.41) is 14.7. The molecule has 0 atom stereocenters. The summed E-state index contributed by atoms with van der Waals surface area (Å²) in [6.45, 7) is 1.15. The lowest BCUT2D eigenvalue weighted by molar-refractivity contribution is 0.0969. The van der Waals surface area contributed by atoms with Gasteiger partial charge in [-0.15, -0.1) is 21.5 Å². The maximum atomic E-state index is 14.2. The fraction of sp³-hybridized carbons (Fsp3) is 0.300. The third-order valence-corrected chi connectivity index (χ3v) is 6.75. The Balaban J connectivity index is 1.31. The number of rotatable bonds is 5. The van der Waals surface area contributed by atoms with Crippen LogP contribution in [0.2, 0.25) is 0 Å². The second-order valence-electron chi connectivity index (χ2n) is 7.27. The Morgan fingerprint density at radius 3 is 2.82 bits per heavy atom. The fourth-order valence-corrected chi connectivity index (χ4v) is 4.89. The molecule has 1 aliphatic carbocycles. The van der Waals surface area contributed by atoms with Crippen molar-refractivity contribution in [2.75, 3.05) is 11.9 Å². The molecule has 142 valence electrons. The topological polar surface area (TPSA) is 79.8 Å². The van der Waals surface area contributed by atoms with Gasteiger partial charge in [0.15, 0.2) is 0 Å². The highest BCUT2D eigenvalue weighted by atomic mass is 32.1. The normalized spacial score (nSPS) is 17.0. The molecular weight excluding hydrogens is 377 g/mol. The Morgan fingerprint density at radius 2 is 2.14 bits per heavy atom. The molecule has 2 aliphatic rings. The molecule has 6 nitrogen and oxygen atoms in total. The molecule has 0 aromatic carbocycles. The molecule has 1 fully saturated rings. The van der Waals surface area contributed by atoms with Crippen molar-refractivity contribution >= 4 is 23.1 Å². The zero-order chi connectivity index (χ0) is 19.1. The minimum atomic E-state index is -0.284. The summed E-state index contributed by atoms with van der Waals surface area (Å²) in [5.74, 6) is 0.374. The van der Waals surface area contributed by atoms with Gasteiger partial charge in [0.05, 0.1) is 15.4 Å². The largest absolute Gasteiger partial charge is 0.368 e. The summed E-state index contributed by atoms with van der Waals surface area (Å²) in [6.07, 6.45) is 4.52. The van der Waals surface area contributed by atoms with Crippen molar-refractivity contribution < 1.29 is 9.18 Å². The number of hydrogen-bond donors (Lipinski definition) is 2. The molecule has 2 N–H and O–H groups in total. The smallest absolute Gasteiger partial charge is 0.261 e. The van der Waals surface area contributed by atoms with Gasteiger partial charge in [0.25, 0.3) is 5.91 Å². The summed E-state index contributed by atoms with van der Waals surface area (Å²) in [6, 6.07) is 8.84. The maximum absolute atomic E-state index is 14.2. The summed E-state index contributed by atoms with van der Waals surface area (Å²) in [5.41, 5.74) is 2.00. The second-order valence-corrected chi connectivity index (χ2v) is 8.32. The summed E-state index contributed by atoms with van der Waals surface area (Å²) < 4.78 is 14.2. The van der Waals surface area contributed by atoms with Crippen molar-refractivity contribution in [1.29, 1.82) is 0 Å². The molecule has 1 saturated carbocycles. The zero-order valence-electron chi connectivity index (χ0n) is 15.0. The van der Waals surface area contributed by atoms with E-state index in [1.54, 1.807) is 12.3 Å². The van der Waals surface area contributed by atoms with Crippen molar-refractivity contribution in [3.8, 4) is 10.6 Å². The molecule has 4 heterocycles. The molecule has 1 amide bonds. The van der Waals surface area contributed by atoms with E-state index in [0.717, 1.165) is 40.3 Å². The lowest BCUT2D eigenvalue weighted by Crippen LogP contribution is -2.42. The van der Waals surface area contributed by atoms with Crippen molar-refractivity contribution in [2.24, 2.45) is 0 Å². The van der Waals surface area contributed by atoms with Crippen molar-refractivity contribution in [1.82, 2.24) is 20.5 Å². The number of carbonyl (C=O) groups is 1. The zero-order valence-corrected chi connectivity index (χ0v) is 15.9. The average molecular weight is 395 g/mol. The van der Waals surface area contributed by atoms with Crippen molar-refractivity contribution in [3.63, 3.8) is 0 Å². The molecule has 0 bridgehead atoms. The number of nitrogens with one attached hydrogen (secondary N) is 2. The SMILES string of the molecule is O=C1NCc2cc(-c3ccc(NCC4(c5ncccc5F)CCC4)nn3)sc21. The van der Waals surface area contributed by atoms with Gasteiger partial charge in [0.2, 0.25) is 0 Å². The highest BCUT2D eigenvalue weighted by Gasteiger charge is 2.41. The number of pyridine rings is 1.